The Balaban J connectivity index is 2.11. The number of hydrogen-bond acceptors (Lipinski definition) is 3. The van der Waals surface area contributed by atoms with E-state index in [1.165, 1.54) is 6.42 Å². The number of nitriles is 1. The van der Waals surface area contributed by atoms with Crippen molar-refractivity contribution in [3.05, 3.63) is 28.8 Å². The van der Waals surface area contributed by atoms with Crippen molar-refractivity contribution in [1.29, 1.82) is 5.26 Å². The van der Waals surface area contributed by atoms with Crippen LogP contribution in [0.15, 0.2) is 18.2 Å². The number of rotatable bonds is 4. The van der Waals surface area contributed by atoms with Crippen LogP contribution in [0.4, 0.5) is 5.69 Å². The van der Waals surface area contributed by atoms with E-state index in [0.29, 0.717) is 22.5 Å². The lowest BCUT2D eigenvalue weighted by molar-refractivity contribution is 0.254. The fourth-order valence-electron chi connectivity index (χ4n) is 2.67. The summed E-state index contributed by atoms with van der Waals surface area (Å²) in [5, 5.41) is 22.2. The van der Waals surface area contributed by atoms with Crippen molar-refractivity contribution < 1.29 is 5.11 Å². The Kier molecular flexibility index (Phi) is 4.46. The second kappa shape index (κ2) is 6.08. The highest BCUT2D eigenvalue weighted by molar-refractivity contribution is 6.30. The predicted molar refractivity (Wildman–Crippen MR) is 72.6 cm³/mol. The average Bonchev–Trinajstić information content (AvgIpc) is 2.79. The average molecular weight is 265 g/mol. The molecule has 4 heteroatoms. The van der Waals surface area contributed by atoms with Gasteiger partial charge in [-0.1, -0.05) is 18.0 Å². The fourth-order valence-corrected chi connectivity index (χ4v) is 2.84. The van der Waals surface area contributed by atoms with Crippen molar-refractivity contribution >= 4 is 17.3 Å². The standard InChI is InChI=1S/C14H17ClN2O/c15-12-4-5-14(11(8-12)9-16)17-13-3-1-2-10(13)6-7-18/h4-5,8,10,13,17-18H,1-3,6-7H2. The lowest BCUT2D eigenvalue weighted by Crippen LogP contribution is -2.25. The van der Waals surface area contributed by atoms with Crippen LogP contribution in [-0.2, 0) is 0 Å². The Bertz CT molecular complexity index is 456. The lowest BCUT2D eigenvalue weighted by atomic mass is 9.99. The van der Waals surface area contributed by atoms with E-state index in [-0.39, 0.29) is 6.61 Å². The van der Waals surface area contributed by atoms with Crippen LogP contribution >= 0.6 is 11.6 Å². The molecule has 2 atom stereocenters. The number of aliphatic hydroxyl groups excluding tert-OH is 1. The van der Waals surface area contributed by atoms with Gasteiger partial charge in [-0.15, -0.1) is 0 Å². The SMILES string of the molecule is N#Cc1cc(Cl)ccc1NC1CCCC1CCO. The van der Waals surface area contributed by atoms with Crippen LogP contribution in [0.1, 0.15) is 31.2 Å². The summed E-state index contributed by atoms with van der Waals surface area (Å²) >= 11 is 5.88. The minimum atomic E-state index is 0.231. The maximum atomic E-state index is 9.10. The minimum Gasteiger partial charge on any atom is -0.396 e. The molecule has 0 bridgehead atoms. The largest absolute Gasteiger partial charge is 0.396 e. The molecule has 1 aromatic rings. The molecular weight excluding hydrogens is 248 g/mol. The van der Waals surface area contributed by atoms with Crippen molar-refractivity contribution in [2.45, 2.75) is 31.7 Å². The van der Waals surface area contributed by atoms with Crippen LogP contribution in [0.3, 0.4) is 0 Å². The molecule has 3 nitrogen and oxygen atoms in total. The molecule has 2 unspecified atom stereocenters. The van der Waals surface area contributed by atoms with E-state index < -0.39 is 0 Å². The van der Waals surface area contributed by atoms with E-state index in [1.807, 2.05) is 6.07 Å². The molecule has 18 heavy (non-hydrogen) atoms. The molecule has 2 N–H and O–H groups in total. The third kappa shape index (κ3) is 2.95. The van der Waals surface area contributed by atoms with Gasteiger partial charge in [0.2, 0.25) is 0 Å². The van der Waals surface area contributed by atoms with E-state index in [4.69, 9.17) is 22.0 Å². The topological polar surface area (TPSA) is 56.0 Å². The Morgan fingerprint density at radius 2 is 2.28 bits per heavy atom. The zero-order valence-corrected chi connectivity index (χ0v) is 11.0. The maximum absolute atomic E-state index is 9.10. The van der Waals surface area contributed by atoms with Crippen molar-refractivity contribution in [1.82, 2.24) is 0 Å². The van der Waals surface area contributed by atoms with Gasteiger partial charge in [0, 0.05) is 17.7 Å². The quantitative estimate of drug-likeness (QED) is 0.878. The highest BCUT2D eigenvalue weighted by atomic mass is 35.5. The number of benzene rings is 1. The Morgan fingerprint density at radius 1 is 1.44 bits per heavy atom. The second-order valence-corrected chi connectivity index (χ2v) is 5.19. The summed E-state index contributed by atoms with van der Waals surface area (Å²) < 4.78 is 0. The molecule has 1 fully saturated rings. The molecule has 0 aromatic heterocycles. The number of halogens is 1. The third-order valence-electron chi connectivity index (χ3n) is 3.60. The van der Waals surface area contributed by atoms with E-state index >= 15 is 0 Å². The molecule has 0 aliphatic heterocycles. The first-order chi connectivity index (χ1) is 8.74. The molecule has 0 amide bonds. The van der Waals surface area contributed by atoms with Crippen molar-refractivity contribution in [2.75, 3.05) is 11.9 Å². The van der Waals surface area contributed by atoms with Crippen LogP contribution in [0, 0.1) is 17.2 Å². The van der Waals surface area contributed by atoms with E-state index in [2.05, 4.69) is 11.4 Å². The van der Waals surface area contributed by atoms with Gasteiger partial charge in [-0.2, -0.15) is 5.26 Å². The lowest BCUT2D eigenvalue weighted by Gasteiger charge is -2.22. The predicted octanol–water partition coefficient (Wildman–Crippen LogP) is 3.17. The smallest absolute Gasteiger partial charge is 0.101 e. The summed E-state index contributed by atoms with van der Waals surface area (Å²) in [5.74, 6) is 0.497. The van der Waals surface area contributed by atoms with Crippen LogP contribution in [0.25, 0.3) is 0 Å². The van der Waals surface area contributed by atoms with E-state index in [0.717, 1.165) is 24.9 Å². The fraction of sp³-hybridized carbons (Fsp3) is 0.500. The molecule has 96 valence electrons. The molecule has 0 heterocycles. The van der Waals surface area contributed by atoms with Gasteiger partial charge in [-0.3, -0.25) is 0 Å². The highest BCUT2D eigenvalue weighted by Crippen LogP contribution is 2.32. The van der Waals surface area contributed by atoms with Gasteiger partial charge in [0.25, 0.3) is 0 Å². The van der Waals surface area contributed by atoms with Crippen molar-refractivity contribution in [3.8, 4) is 6.07 Å². The molecule has 1 saturated carbocycles. The summed E-state index contributed by atoms with van der Waals surface area (Å²) in [4.78, 5) is 0. The third-order valence-corrected chi connectivity index (χ3v) is 3.84. The first-order valence-corrected chi connectivity index (χ1v) is 6.69. The van der Waals surface area contributed by atoms with E-state index in [9.17, 15) is 0 Å². The molecule has 0 saturated heterocycles. The van der Waals surface area contributed by atoms with Gasteiger partial charge in [-0.25, -0.2) is 0 Å². The highest BCUT2D eigenvalue weighted by Gasteiger charge is 2.27. The first-order valence-electron chi connectivity index (χ1n) is 6.31. The van der Waals surface area contributed by atoms with Crippen LogP contribution in [0.2, 0.25) is 5.02 Å². The molecule has 1 aliphatic carbocycles. The normalized spacial score (nSPS) is 22.7. The van der Waals surface area contributed by atoms with E-state index in [1.54, 1.807) is 12.1 Å². The summed E-state index contributed by atoms with van der Waals surface area (Å²) in [6.07, 6.45) is 4.25. The van der Waals surface area contributed by atoms with Crippen LogP contribution in [-0.4, -0.2) is 17.8 Å². The van der Waals surface area contributed by atoms with Crippen molar-refractivity contribution in [3.63, 3.8) is 0 Å². The van der Waals surface area contributed by atoms with Gasteiger partial charge < -0.3 is 10.4 Å². The van der Waals surface area contributed by atoms with Crippen LogP contribution < -0.4 is 5.32 Å². The molecular formula is C14H17ClN2O. The van der Waals surface area contributed by atoms with Crippen molar-refractivity contribution in [2.24, 2.45) is 5.92 Å². The Labute approximate surface area is 112 Å². The second-order valence-electron chi connectivity index (χ2n) is 4.76. The van der Waals surface area contributed by atoms with Gasteiger partial charge in [0.05, 0.1) is 11.3 Å². The number of aliphatic hydroxyl groups is 1. The zero-order valence-electron chi connectivity index (χ0n) is 10.2. The zero-order chi connectivity index (χ0) is 13.0. The van der Waals surface area contributed by atoms with Gasteiger partial charge in [-0.05, 0) is 43.4 Å². The number of anilines is 1. The summed E-state index contributed by atoms with van der Waals surface area (Å²) in [6, 6.07) is 7.84. The van der Waals surface area contributed by atoms with Gasteiger partial charge in [0.1, 0.15) is 6.07 Å². The monoisotopic (exact) mass is 264 g/mol. The first kappa shape index (κ1) is 13.2. The molecule has 0 spiro atoms. The molecule has 0 radical (unpaired) electrons. The van der Waals surface area contributed by atoms with Gasteiger partial charge in [0.15, 0.2) is 0 Å². The maximum Gasteiger partial charge on any atom is 0.101 e. The number of hydrogen-bond donors (Lipinski definition) is 2. The summed E-state index contributed by atoms with van der Waals surface area (Å²) in [7, 11) is 0. The minimum absolute atomic E-state index is 0.231. The molecule has 1 aliphatic rings. The Hall–Kier alpha value is -1.24. The molecule has 1 aromatic carbocycles. The number of nitrogens with one attached hydrogen (secondary N) is 1. The summed E-state index contributed by atoms with van der Waals surface area (Å²) in [5.41, 5.74) is 1.42. The number of nitrogens with zero attached hydrogens (tertiary/aromatic N) is 1. The molecule has 2 rings (SSSR count). The Morgan fingerprint density at radius 3 is 3.00 bits per heavy atom. The van der Waals surface area contributed by atoms with Crippen LogP contribution in [0.5, 0.6) is 0 Å². The van der Waals surface area contributed by atoms with Gasteiger partial charge >= 0.3 is 0 Å². The summed E-state index contributed by atoms with van der Waals surface area (Å²) in [6.45, 7) is 0.231.